The number of aromatic nitrogens is 2. The average molecular weight is 319 g/mol. The van der Waals surface area contributed by atoms with Crippen LogP contribution in [0.1, 0.15) is 24.0 Å². The first-order chi connectivity index (χ1) is 11.8. The predicted molar refractivity (Wildman–Crippen MR) is 98.9 cm³/mol. The molecule has 0 unspecified atom stereocenters. The van der Waals surface area contributed by atoms with Gasteiger partial charge in [-0.25, -0.2) is 4.98 Å². The number of hydrogen-bond donors (Lipinski definition) is 0. The van der Waals surface area contributed by atoms with Crippen LogP contribution in [0.3, 0.4) is 0 Å². The Bertz CT molecular complexity index is 813. The smallest absolute Gasteiger partial charge is 0.0958 e. The number of para-hydroxylation sites is 2. The molecular formula is C21H25N3. The summed E-state index contributed by atoms with van der Waals surface area (Å²) in [5.74, 6) is 0.761. The van der Waals surface area contributed by atoms with Crippen LogP contribution in [0.5, 0.6) is 0 Å². The van der Waals surface area contributed by atoms with Crippen LogP contribution < -0.4 is 0 Å². The molecule has 0 amide bonds. The van der Waals surface area contributed by atoms with Gasteiger partial charge in [0.2, 0.25) is 0 Å². The molecular weight excluding hydrogens is 294 g/mol. The molecule has 1 saturated heterocycles. The van der Waals surface area contributed by atoms with E-state index in [-0.39, 0.29) is 0 Å². The van der Waals surface area contributed by atoms with Crippen LogP contribution in [0.15, 0.2) is 54.9 Å². The maximum Gasteiger partial charge on any atom is 0.0958 e. The van der Waals surface area contributed by atoms with Gasteiger partial charge >= 0.3 is 0 Å². The number of likely N-dealkylation sites (tertiary alicyclic amines) is 1. The molecule has 0 saturated carbocycles. The molecule has 1 aliphatic heterocycles. The first-order valence-corrected chi connectivity index (χ1v) is 8.96. The van der Waals surface area contributed by atoms with Crippen molar-refractivity contribution in [2.24, 2.45) is 5.92 Å². The minimum Gasteiger partial charge on any atom is -0.330 e. The number of nitrogens with zero attached hydrogens (tertiary/aromatic N) is 3. The van der Waals surface area contributed by atoms with Crippen molar-refractivity contribution in [1.29, 1.82) is 0 Å². The Kier molecular flexibility index (Phi) is 4.35. The second-order valence-electron chi connectivity index (χ2n) is 7.09. The summed E-state index contributed by atoms with van der Waals surface area (Å²) < 4.78 is 2.33. The van der Waals surface area contributed by atoms with E-state index >= 15 is 0 Å². The minimum atomic E-state index is 0.761. The Hall–Kier alpha value is -2.13. The Morgan fingerprint density at radius 2 is 1.88 bits per heavy atom. The number of imidazole rings is 1. The molecule has 2 heterocycles. The zero-order valence-corrected chi connectivity index (χ0v) is 14.4. The van der Waals surface area contributed by atoms with Gasteiger partial charge in [0, 0.05) is 13.1 Å². The van der Waals surface area contributed by atoms with Gasteiger partial charge in [-0.1, -0.05) is 42.0 Å². The van der Waals surface area contributed by atoms with Gasteiger partial charge in [-0.2, -0.15) is 0 Å². The Morgan fingerprint density at radius 1 is 1.04 bits per heavy atom. The number of rotatable bonds is 4. The molecule has 1 aromatic heterocycles. The second kappa shape index (κ2) is 6.78. The van der Waals surface area contributed by atoms with Crippen molar-refractivity contribution in [2.45, 2.75) is 32.9 Å². The van der Waals surface area contributed by atoms with Crippen molar-refractivity contribution in [2.75, 3.05) is 13.1 Å². The normalized spacial score (nSPS) is 16.7. The van der Waals surface area contributed by atoms with Gasteiger partial charge in [0.1, 0.15) is 0 Å². The van der Waals surface area contributed by atoms with E-state index in [9.17, 15) is 0 Å². The van der Waals surface area contributed by atoms with Crippen molar-refractivity contribution in [3.63, 3.8) is 0 Å². The molecule has 1 aliphatic rings. The van der Waals surface area contributed by atoms with Crippen LogP contribution in [0.25, 0.3) is 11.0 Å². The summed E-state index contributed by atoms with van der Waals surface area (Å²) in [6, 6.07) is 17.3. The van der Waals surface area contributed by atoms with Crippen LogP contribution in [-0.4, -0.2) is 27.5 Å². The van der Waals surface area contributed by atoms with Gasteiger partial charge in [0.25, 0.3) is 0 Å². The highest BCUT2D eigenvalue weighted by atomic mass is 15.1. The van der Waals surface area contributed by atoms with Crippen molar-refractivity contribution in [1.82, 2.24) is 14.5 Å². The minimum absolute atomic E-state index is 0.761. The Labute approximate surface area is 143 Å². The zero-order valence-electron chi connectivity index (χ0n) is 14.4. The Balaban J connectivity index is 1.34. The monoisotopic (exact) mass is 319 g/mol. The zero-order chi connectivity index (χ0) is 16.4. The molecule has 0 aliphatic carbocycles. The fourth-order valence-electron chi connectivity index (χ4n) is 3.83. The van der Waals surface area contributed by atoms with Crippen molar-refractivity contribution in [3.8, 4) is 0 Å². The van der Waals surface area contributed by atoms with Crippen molar-refractivity contribution >= 4 is 11.0 Å². The third-order valence-corrected chi connectivity index (χ3v) is 5.18. The van der Waals surface area contributed by atoms with Crippen LogP contribution in [0, 0.1) is 12.8 Å². The molecule has 3 nitrogen and oxygen atoms in total. The lowest BCUT2D eigenvalue weighted by atomic mass is 9.96. The first kappa shape index (κ1) is 15.4. The molecule has 124 valence electrons. The number of aryl methyl sites for hydroxylation is 1. The highest BCUT2D eigenvalue weighted by Gasteiger charge is 2.20. The van der Waals surface area contributed by atoms with Gasteiger partial charge in [0.05, 0.1) is 17.4 Å². The summed E-state index contributed by atoms with van der Waals surface area (Å²) in [7, 11) is 0. The quantitative estimate of drug-likeness (QED) is 0.716. The molecule has 0 atom stereocenters. The molecule has 3 aromatic rings. The molecule has 0 N–H and O–H groups in total. The van der Waals surface area contributed by atoms with Gasteiger partial charge in [-0.15, -0.1) is 0 Å². The van der Waals surface area contributed by atoms with Gasteiger partial charge in [-0.05, 0) is 56.5 Å². The molecule has 3 heteroatoms. The topological polar surface area (TPSA) is 21.1 Å². The molecule has 2 aromatic carbocycles. The maximum absolute atomic E-state index is 4.52. The fourth-order valence-corrected chi connectivity index (χ4v) is 3.83. The van der Waals surface area contributed by atoms with E-state index < -0.39 is 0 Å². The average Bonchev–Trinajstić information content (AvgIpc) is 3.00. The van der Waals surface area contributed by atoms with E-state index in [2.05, 4.69) is 69.9 Å². The fraction of sp³-hybridized carbons (Fsp3) is 0.381. The first-order valence-electron chi connectivity index (χ1n) is 8.96. The van der Waals surface area contributed by atoms with E-state index in [1.54, 1.807) is 0 Å². The van der Waals surface area contributed by atoms with Crippen molar-refractivity contribution < 1.29 is 0 Å². The Morgan fingerprint density at radius 3 is 2.71 bits per heavy atom. The lowest BCUT2D eigenvalue weighted by molar-refractivity contribution is 0.168. The number of benzene rings is 2. The number of hydrogen-bond acceptors (Lipinski definition) is 2. The predicted octanol–water partition coefficient (Wildman–Crippen LogP) is 4.26. The van der Waals surface area contributed by atoms with E-state index in [4.69, 9.17) is 0 Å². The molecule has 0 spiro atoms. The van der Waals surface area contributed by atoms with E-state index in [0.717, 1.165) is 24.5 Å². The standard InChI is InChI=1S/C21H25N3/c1-17-5-4-6-19(13-17)14-23-11-9-18(10-12-23)15-24-16-22-20-7-2-3-8-21(20)24/h2-8,13,16,18H,9-12,14-15H2,1H3. The third-order valence-electron chi connectivity index (χ3n) is 5.18. The molecule has 4 rings (SSSR count). The van der Waals surface area contributed by atoms with Gasteiger partial charge in [0.15, 0.2) is 0 Å². The van der Waals surface area contributed by atoms with Gasteiger partial charge in [-0.3, -0.25) is 4.90 Å². The molecule has 24 heavy (non-hydrogen) atoms. The lowest BCUT2D eigenvalue weighted by Gasteiger charge is -2.32. The second-order valence-corrected chi connectivity index (χ2v) is 7.09. The summed E-state index contributed by atoms with van der Waals surface area (Å²) in [5, 5.41) is 0. The molecule has 0 bridgehead atoms. The van der Waals surface area contributed by atoms with Crippen LogP contribution in [0.4, 0.5) is 0 Å². The van der Waals surface area contributed by atoms with Crippen LogP contribution in [-0.2, 0) is 13.1 Å². The number of piperidine rings is 1. The van der Waals surface area contributed by atoms with Gasteiger partial charge < -0.3 is 4.57 Å². The van der Waals surface area contributed by atoms with Crippen molar-refractivity contribution in [3.05, 3.63) is 66.0 Å². The van der Waals surface area contributed by atoms with E-state index in [1.165, 1.54) is 42.6 Å². The van der Waals surface area contributed by atoms with E-state index in [0.29, 0.717) is 0 Å². The maximum atomic E-state index is 4.52. The van der Waals surface area contributed by atoms with Crippen LogP contribution >= 0.6 is 0 Å². The summed E-state index contributed by atoms with van der Waals surface area (Å²) in [6.07, 6.45) is 4.56. The van der Waals surface area contributed by atoms with E-state index in [1.807, 2.05) is 6.33 Å². The largest absolute Gasteiger partial charge is 0.330 e. The molecule has 1 fully saturated rings. The summed E-state index contributed by atoms with van der Waals surface area (Å²) >= 11 is 0. The highest BCUT2D eigenvalue weighted by Crippen LogP contribution is 2.23. The lowest BCUT2D eigenvalue weighted by Crippen LogP contribution is -2.34. The summed E-state index contributed by atoms with van der Waals surface area (Å²) in [6.45, 7) is 6.75. The SMILES string of the molecule is Cc1cccc(CN2CCC(Cn3cnc4ccccc43)CC2)c1. The summed E-state index contributed by atoms with van der Waals surface area (Å²) in [5.41, 5.74) is 5.16. The molecule has 0 radical (unpaired) electrons. The third kappa shape index (κ3) is 3.36. The van der Waals surface area contributed by atoms with Crippen LogP contribution in [0.2, 0.25) is 0 Å². The number of fused-ring (bicyclic) bond motifs is 1. The summed E-state index contributed by atoms with van der Waals surface area (Å²) in [4.78, 5) is 7.11. The highest BCUT2D eigenvalue weighted by molar-refractivity contribution is 5.74.